The third-order valence-corrected chi connectivity index (χ3v) is 3.44. The van der Waals surface area contributed by atoms with E-state index in [-0.39, 0.29) is 11.9 Å². The van der Waals surface area contributed by atoms with Gasteiger partial charge in [0.15, 0.2) is 0 Å². The van der Waals surface area contributed by atoms with Crippen LogP contribution in [0.4, 0.5) is 0 Å². The Bertz CT molecular complexity index is 392. The van der Waals surface area contributed by atoms with Crippen molar-refractivity contribution in [3.8, 4) is 0 Å². The second kappa shape index (κ2) is 7.42. The first-order valence-electron chi connectivity index (χ1n) is 6.66. The highest BCUT2D eigenvalue weighted by Crippen LogP contribution is 2.16. The molecular formula is C15H22ClNO. The smallest absolute Gasteiger partial charge is 0.254 e. The van der Waals surface area contributed by atoms with Gasteiger partial charge >= 0.3 is 0 Å². The molecule has 1 unspecified atom stereocenters. The van der Waals surface area contributed by atoms with Crippen molar-refractivity contribution in [1.82, 2.24) is 4.90 Å². The summed E-state index contributed by atoms with van der Waals surface area (Å²) in [6.45, 7) is 7.16. The Labute approximate surface area is 115 Å². The highest BCUT2D eigenvalue weighted by Gasteiger charge is 2.19. The van der Waals surface area contributed by atoms with E-state index in [0.717, 1.165) is 25.8 Å². The standard InChI is InChI=1S/C15H22ClNO/c1-4-6-10-17(12(3)5-2)15(18)13-8-7-9-14(16)11-13/h7-9,11-12H,4-6,10H2,1-3H3. The molecule has 3 heteroatoms. The number of rotatable bonds is 6. The summed E-state index contributed by atoms with van der Waals surface area (Å²) in [6.07, 6.45) is 3.10. The van der Waals surface area contributed by atoms with Crippen molar-refractivity contribution in [2.24, 2.45) is 0 Å². The Kier molecular flexibility index (Phi) is 6.20. The highest BCUT2D eigenvalue weighted by molar-refractivity contribution is 6.30. The van der Waals surface area contributed by atoms with Crippen LogP contribution in [0.2, 0.25) is 5.02 Å². The summed E-state index contributed by atoms with van der Waals surface area (Å²) in [5.74, 6) is 0.0836. The molecule has 1 atom stereocenters. The number of unbranched alkanes of at least 4 members (excludes halogenated alkanes) is 1. The summed E-state index contributed by atoms with van der Waals surface area (Å²) in [5, 5.41) is 0.612. The van der Waals surface area contributed by atoms with E-state index in [2.05, 4.69) is 20.8 Å². The molecule has 1 aromatic carbocycles. The van der Waals surface area contributed by atoms with Gasteiger partial charge in [0.25, 0.3) is 5.91 Å². The predicted molar refractivity (Wildman–Crippen MR) is 77.1 cm³/mol. The van der Waals surface area contributed by atoms with Crippen molar-refractivity contribution in [2.45, 2.75) is 46.1 Å². The Morgan fingerprint density at radius 3 is 2.67 bits per heavy atom. The molecule has 1 aromatic rings. The van der Waals surface area contributed by atoms with Gasteiger partial charge in [-0.25, -0.2) is 0 Å². The number of hydrogen-bond acceptors (Lipinski definition) is 1. The number of amides is 1. The Balaban J connectivity index is 2.87. The molecule has 0 aliphatic rings. The second-order valence-electron chi connectivity index (χ2n) is 4.62. The van der Waals surface area contributed by atoms with Crippen LogP contribution >= 0.6 is 11.6 Å². The van der Waals surface area contributed by atoms with E-state index in [9.17, 15) is 4.79 Å². The largest absolute Gasteiger partial charge is 0.336 e. The minimum absolute atomic E-state index is 0.0836. The lowest BCUT2D eigenvalue weighted by Crippen LogP contribution is -2.39. The zero-order chi connectivity index (χ0) is 13.5. The quantitative estimate of drug-likeness (QED) is 0.749. The van der Waals surface area contributed by atoms with Crippen molar-refractivity contribution in [2.75, 3.05) is 6.54 Å². The fraction of sp³-hybridized carbons (Fsp3) is 0.533. The molecule has 0 aliphatic heterocycles. The summed E-state index contributed by atoms with van der Waals surface area (Å²) in [5.41, 5.74) is 0.680. The molecule has 0 fully saturated rings. The van der Waals surface area contributed by atoms with E-state index in [0.29, 0.717) is 10.6 Å². The van der Waals surface area contributed by atoms with Crippen LogP contribution in [0.3, 0.4) is 0 Å². The van der Waals surface area contributed by atoms with Crippen LogP contribution in [0.5, 0.6) is 0 Å². The molecule has 1 amide bonds. The second-order valence-corrected chi connectivity index (χ2v) is 5.06. The molecule has 18 heavy (non-hydrogen) atoms. The number of carbonyl (C=O) groups is 1. The average Bonchev–Trinajstić information content (AvgIpc) is 2.38. The summed E-state index contributed by atoms with van der Waals surface area (Å²) in [6, 6.07) is 7.45. The Morgan fingerprint density at radius 1 is 1.39 bits per heavy atom. The summed E-state index contributed by atoms with van der Waals surface area (Å²) in [4.78, 5) is 14.4. The molecule has 0 radical (unpaired) electrons. The van der Waals surface area contributed by atoms with Crippen molar-refractivity contribution >= 4 is 17.5 Å². The maximum Gasteiger partial charge on any atom is 0.254 e. The Hall–Kier alpha value is -1.02. The lowest BCUT2D eigenvalue weighted by Gasteiger charge is -2.28. The fourth-order valence-corrected chi connectivity index (χ4v) is 2.05. The summed E-state index contributed by atoms with van der Waals surface area (Å²) < 4.78 is 0. The van der Waals surface area contributed by atoms with Crippen LogP contribution < -0.4 is 0 Å². The van der Waals surface area contributed by atoms with Gasteiger partial charge in [-0.3, -0.25) is 4.79 Å². The Morgan fingerprint density at radius 2 is 2.11 bits per heavy atom. The molecule has 0 aromatic heterocycles. The first-order chi connectivity index (χ1) is 8.60. The molecular weight excluding hydrogens is 246 g/mol. The van der Waals surface area contributed by atoms with E-state index in [1.807, 2.05) is 17.0 Å². The average molecular weight is 268 g/mol. The first-order valence-corrected chi connectivity index (χ1v) is 7.04. The molecule has 0 saturated heterocycles. The van der Waals surface area contributed by atoms with Gasteiger partial charge in [0, 0.05) is 23.2 Å². The van der Waals surface area contributed by atoms with Crippen LogP contribution in [0.15, 0.2) is 24.3 Å². The van der Waals surface area contributed by atoms with E-state index in [1.165, 1.54) is 0 Å². The van der Waals surface area contributed by atoms with Crippen LogP contribution in [0.1, 0.15) is 50.4 Å². The van der Waals surface area contributed by atoms with Gasteiger partial charge in [-0.15, -0.1) is 0 Å². The minimum atomic E-state index is 0.0836. The SMILES string of the molecule is CCCCN(C(=O)c1cccc(Cl)c1)C(C)CC. The molecule has 0 spiro atoms. The third kappa shape index (κ3) is 4.02. The zero-order valence-electron chi connectivity index (χ0n) is 11.4. The van der Waals surface area contributed by atoms with Crippen molar-refractivity contribution < 1.29 is 4.79 Å². The maximum absolute atomic E-state index is 12.5. The van der Waals surface area contributed by atoms with Gasteiger partial charge in [0.1, 0.15) is 0 Å². The molecule has 0 aliphatic carbocycles. The van der Waals surface area contributed by atoms with Gasteiger partial charge in [-0.2, -0.15) is 0 Å². The zero-order valence-corrected chi connectivity index (χ0v) is 12.2. The van der Waals surface area contributed by atoms with Crippen molar-refractivity contribution in [3.63, 3.8) is 0 Å². The topological polar surface area (TPSA) is 20.3 Å². The number of halogens is 1. The van der Waals surface area contributed by atoms with Gasteiger partial charge in [0.2, 0.25) is 0 Å². The molecule has 1 rings (SSSR count). The lowest BCUT2D eigenvalue weighted by atomic mass is 10.1. The first kappa shape index (κ1) is 15.0. The van der Waals surface area contributed by atoms with Crippen LogP contribution in [0.25, 0.3) is 0 Å². The lowest BCUT2D eigenvalue weighted by molar-refractivity contribution is 0.0685. The van der Waals surface area contributed by atoms with Gasteiger partial charge in [-0.1, -0.05) is 37.9 Å². The highest BCUT2D eigenvalue weighted by atomic mass is 35.5. The molecule has 100 valence electrons. The molecule has 2 nitrogen and oxygen atoms in total. The van der Waals surface area contributed by atoms with Crippen molar-refractivity contribution in [1.29, 1.82) is 0 Å². The monoisotopic (exact) mass is 267 g/mol. The fourth-order valence-electron chi connectivity index (χ4n) is 1.86. The van der Waals surface area contributed by atoms with Crippen LogP contribution in [0, 0.1) is 0 Å². The predicted octanol–water partition coefficient (Wildman–Crippen LogP) is 4.38. The normalized spacial score (nSPS) is 12.2. The van der Waals surface area contributed by atoms with E-state index in [4.69, 9.17) is 11.6 Å². The van der Waals surface area contributed by atoms with Crippen molar-refractivity contribution in [3.05, 3.63) is 34.9 Å². The van der Waals surface area contributed by atoms with E-state index < -0.39 is 0 Å². The molecule has 0 N–H and O–H groups in total. The summed E-state index contributed by atoms with van der Waals surface area (Å²) in [7, 11) is 0. The molecule has 0 saturated carbocycles. The minimum Gasteiger partial charge on any atom is -0.336 e. The van der Waals surface area contributed by atoms with E-state index >= 15 is 0 Å². The summed E-state index contributed by atoms with van der Waals surface area (Å²) >= 11 is 5.94. The third-order valence-electron chi connectivity index (χ3n) is 3.21. The van der Waals surface area contributed by atoms with E-state index in [1.54, 1.807) is 12.1 Å². The van der Waals surface area contributed by atoms with Gasteiger partial charge < -0.3 is 4.90 Å². The van der Waals surface area contributed by atoms with Gasteiger partial charge in [-0.05, 0) is 38.0 Å². The number of hydrogen-bond donors (Lipinski definition) is 0. The number of benzene rings is 1. The van der Waals surface area contributed by atoms with Crippen LogP contribution in [-0.2, 0) is 0 Å². The van der Waals surface area contributed by atoms with Crippen LogP contribution in [-0.4, -0.2) is 23.4 Å². The molecule has 0 heterocycles. The van der Waals surface area contributed by atoms with Gasteiger partial charge in [0.05, 0.1) is 0 Å². The maximum atomic E-state index is 12.5. The number of carbonyl (C=O) groups excluding carboxylic acids is 1. The molecule has 0 bridgehead atoms. The number of nitrogens with zero attached hydrogens (tertiary/aromatic N) is 1.